The number of hydrogen-bond donors (Lipinski definition) is 1. The lowest BCUT2D eigenvalue weighted by molar-refractivity contribution is -0.147. The van der Waals surface area contributed by atoms with Gasteiger partial charge in [-0.25, -0.2) is 0 Å². The first-order valence-corrected chi connectivity index (χ1v) is 6.08. The van der Waals surface area contributed by atoms with Crippen molar-refractivity contribution in [2.45, 2.75) is 25.8 Å². The molecular formula is C12H17NO5. The van der Waals surface area contributed by atoms with Crippen molar-refractivity contribution in [3.05, 3.63) is 12.0 Å². The molecule has 2 atom stereocenters. The summed E-state index contributed by atoms with van der Waals surface area (Å²) in [7, 11) is 0. The minimum absolute atomic E-state index is 0.0984. The quantitative estimate of drug-likeness (QED) is 0.781. The van der Waals surface area contributed by atoms with Crippen molar-refractivity contribution < 1.29 is 24.2 Å². The fourth-order valence-corrected chi connectivity index (χ4v) is 2.32. The summed E-state index contributed by atoms with van der Waals surface area (Å²) in [6, 6.07) is -0.0984. The summed E-state index contributed by atoms with van der Waals surface area (Å²) in [6.45, 7) is 3.12. The molecule has 0 bridgehead atoms. The number of piperidine rings is 1. The number of hydrogen-bond acceptors (Lipinski definition) is 4. The van der Waals surface area contributed by atoms with E-state index in [4.69, 9.17) is 14.6 Å². The third kappa shape index (κ3) is 2.57. The lowest BCUT2D eigenvalue weighted by Crippen LogP contribution is -2.47. The van der Waals surface area contributed by atoms with E-state index in [1.165, 1.54) is 6.26 Å². The summed E-state index contributed by atoms with van der Waals surface area (Å²) < 4.78 is 10.3. The van der Waals surface area contributed by atoms with Gasteiger partial charge in [-0.15, -0.1) is 0 Å². The summed E-state index contributed by atoms with van der Waals surface area (Å²) >= 11 is 0. The molecule has 0 radical (unpaired) electrons. The Morgan fingerprint density at radius 2 is 2.22 bits per heavy atom. The van der Waals surface area contributed by atoms with Crippen molar-refractivity contribution in [1.29, 1.82) is 0 Å². The third-order valence-corrected chi connectivity index (χ3v) is 3.35. The highest BCUT2D eigenvalue weighted by molar-refractivity contribution is 5.91. The molecule has 1 amide bonds. The maximum absolute atomic E-state index is 12.1. The molecule has 2 heterocycles. The van der Waals surface area contributed by atoms with Crippen LogP contribution in [-0.2, 0) is 19.1 Å². The van der Waals surface area contributed by atoms with Crippen LogP contribution in [0.2, 0.25) is 0 Å². The predicted octanol–water partition coefficient (Wildman–Crippen LogP) is 0.586. The van der Waals surface area contributed by atoms with E-state index < -0.39 is 5.97 Å². The van der Waals surface area contributed by atoms with Gasteiger partial charge >= 0.3 is 5.97 Å². The van der Waals surface area contributed by atoms with E-state index in [2.05, 4.69) is 0 Å². The number of likely N-dealkylation sites (tertiary alicyclic amines) is 1. The van der Waals surface area contributed by atoms with Gasteiger partial charge in [-0.05, 0) is 19.8 Å². The van der Waals surface area contributed by atoms with Gasteiger partial charge in [0.1, 0.15) is 19.5 Å². The second-order valence-corrected chi connectivity index (χ2v) is 4.61. The second-order valence-electron chi connectivity index (χ2n) is 4.61. The molecule has 0 spiro atoms. The number of carboxylic acid groups (broad SMARTS) is 1. The highest BCUT2D eigenvalue weighted by atomic mass is 16.6. The number of rotatable bonds is 2. The molecule has 1 N–H and O–H groups in total. The zero-order valence-electron chi connectivity index (χ0n) is 10.3. The number of carboxylic acids is 1. The molecule has 0 aromatic carbocycles. The zero-order chi connectivity index (χ0) is 13.1. The van der Waals surface area contributed by atoms with Crippen LogP contribution in [0, 0.1) is 5.92 Å². The molecule has 1 saturated heterocycles. The van der Waals surface area contributed by atoms with Gasteiger partial charge < -0.3 is 19.5 Å². The van der Waals surface area contributed by atoms with E-state index in [0.29, 0.717) is 32.6 Å². The first-order valence-electron chi connectivity index (χ1n) is 6.08. The van der Waals surface area contributed by atoms with Crippen LogP contribution >= 0.6 is 0 Å². The van der Waals surface area contributed by atoms with Gasteiger partial charge in [0.25, 0.3) is 5.91 Å². The fraction of sp³-hybridized carbons (Fsp3) is 0.667. The van der Waals surface area contributed by atoms with Crippen molar-refractivity contribution in [2.24, 2.45) is 5.92 Å². The molecule has 1 fully saturated rings. The van der Waals surface area contributed by atoms with Gasteiger partial charge in [0.2, 0.25) is 5.76 Å². The average Bonchev–Trinajstić information content (AvgIpc) is 2.38. The number of carbonyl (C=O) groups excluding carboxylic acids is 1. The van der Waals surface area contributed by atoms with Gasteiger partial charge in [0.05, 0.1) is 5.92 Å². The third-order valence-electron chi connectivity index (χ3n) is 3.35. The molecule has 2 aliphatic rings. The van der Waals surface area contributed by atoms with Crippen molar-refractivity contribution in [3.63, 3.8) is 0 Å². The first kappa shape index (κ1) is 12.7. The summed E-state index contributed by atoms with van der Waals surface area (Å²) in [4.78, 5) is 24.7. The minimum Gasteiger partial charge on any atom is -0.494 e. The maximum Gasteiger partial charge on any atom is 0.306 e. The van der Waals surface area contributed by atoms with Gasteiger partial charge in [0, 0.05) is 12.6 Å². The number of amides is 1. The van der Waals surface area contributed by atoms with Crippen molar-refractivity contribution in [1.82, 2.24) is 4.90 Å². The lowest BCUT2D eigenvalue weighted by Gasteiger charge is -2.36. The first-order chi connectivity index (χ1) is 8.59. The molecule has 0 saturated carbocycles. The van der Waals surface area contributed by atoms with Crippen LogP contribution in [0.25, 0.3) is 0 Å². The maximum atomic E-state index is 12.1. The van der Waals surface area contributed by atoms with Crippen molar-refractivity contribution >= 4 is 11.9 Å². The Kier molecular flexibility index (Phi) is 3.74. The molecule has 0 aromatic heterocycles. The van der Waals surface area contributed by atoms with E-state index in [1.54, 1.807) is 4.90 Å². The largest absolute Gasteiger partial charge is 0.494 e. The predicted molar refractivity (Wildman–Crippen MR) is 61.5 cm³/mol. The molecule has 2 aliphatic heterocycles. The van der Waals surface area contributed by atoms with Crippen LogP contribution < -0.4 is 0 Å². The van der Waals surface area contributed by atoms with Crippen LogP contribution in [0.4, 0.5) is 0 Å². The Hall–Kier alpha value is -1.72. The Morgan fingerprint density at radius 1 is 1.44 bits per heavy atom. The molecule has 2 unspecified atom stereocenters. The van der Waals surface area contributed by atoms with Crippen LogP contribution in [0.3, 0.4) is 0 Å². The van der Waals surface area contributed by atoms with Crippen molar-refractivity contribution in [2.75, 3.05) is 19.8 Å². The van der Waals surface area contributed by atoms with E-state index in [1.807, 2.05) is 6.92 Å². The SMILES string of the molecule is CC1CC(C(=O)O)CCN1C(=O)C1=COCCO1. The highest BCUT2D eigenvalue weighted by Crippen LogP contribution is 2.24. The van der Waals surface area contributed by atoms with E-state index in [9.17, 15) is 9.59 Å². The Balaban J connectivity index is 1.99. The average molecular weight is 255 g/mol. The molecule has 0 aromatic rings. The molecule has 6 nitrogen and oxygen atoms in total. The molecule has 100 valence electrons. The summed E-state index contributed by atoms with van der Waals surface area (Å²) in [5, 5.41) is 8.97. The van der Waals surface area contributed by atoms with Gasteiger partial charge in [0.15, 0.2) is 0 Å². The molecule has 2 rings (SSSR count). The Morgan fingerprint density at radius 3 is 2.78 bits per heavy atom. The fourth-order valence-electron chi connectivity index (χ4n) is 2.32. The number of ether oxygens (including phenoxy) is 2. The van der Waals surface area contributed by atoms with E-state index in [-0.39, 0.29) is 23.6 Å². The number of nitrogens with zero attached hydrogens (tertiary/aromatic N) is 1. The molecule has 18 heavy (non-hydrogen) atoms. The van der Waals surface area contributed by atoms with Crippen LogP contribution in [0.15, 0.2) is 12.0 Å². The second kappa shape index (κ2) is 5.29. The molecule has 0 aliphatic carbocycles. The highest BCUT2D eigenvalue weighted by Gasteiger charge is 2.34. The normalized spacial score (nSPS) is 27.8. The van der Waals surface area contributed by atoms with Crippen molar-refractivity contribution in [3.8, 4) is 0 Å². The van der Waals surface area contributed by atoms with Gasteiger partial charge in [-0.2, -0.15) is 0 Å². The summed E-state index contributed by atoms with van der Waals surface area (Å²) in [6.07, 6.45) is 2.30. The zero-order valence-corrected chi connectivity index (χ0v) is 10.3. The van der Waals surface area contributed by atoms with Crippen LogP contribution in [0.5, 0.6) is 0 Å². The van der Waals surface area contributed by atoms with Gasteiger partial charge in [-0.3, -0.25) is 9.59 Å². The number of carbonyl (C=O) groups is 2. The van der Waals surface area contributed by atoms with E-state index in [0.717, 1.165) is 0 Å². The smallest absolute Gasteiger partial charge is 0.306 e. The topological polar surface area (TPSA) is 76.1 Å². The monoisotopic (exact) mass is 255 g/mol. The molecular weight excluding hydrogens is 238 g/mol. The van der Waals surface area contributed by atoms with E-state index >= 15 is 0 Å². The Labute approximate surface area is 105 Å². The standard InChI is InChI=1S/C12H17NO5/c1-8-6-9(12(15)16)2-3-13(8)11(14)10-7-17-4-5-18-10/h7-9H,2-6H2,1H3,(H,15,16). The summed E-state index contributed by atoms with van der Waals surface area (Å²) in [5.74, 6) is -1.15. The Bertz CT molecular complexity index is 379. The minimum atomic E-state index is -0.787. The molecule has 6 heteroatoms. The summed E-state index contributed by atoms with van der Waals surface area (Å²) in [5.41, 5.74) is 0. The van der Waals surface area contributed by atoms with Crippen LogP contribution in [-0.4, -0.2) is 47.7 Å². The number of aliphatic carboxylic acids is 1. The van der Waals surface area contributed by atoms with Crippen LogP contribution in [0.1, 0.15) is 19.8 Å². The van der Waals surface area contributed by atoms with Gasteiger partial charge in [-0.1, -0.05) is 0 Å². The lowest BCUT2D eigenvalue weighted by atomic mass is 9.91.